The summed E-state index contributed by atoms with van der Waals surface area (Å²) in [4.78, 5) is 0. The molecule has 2 rings (SSSR count). The van der Waals surface area contributed by atoms with E-state index in [4.69, 9.17) is 10.00 Å². The summed E-state index contributed by atoms with van der Waals surface area (Å²) in [7, 11) is 0. The van der Waals surface area contributed by atoms with Crippen LogP contribution in [0.5, 0.6) is 0 Å². The summed E-state index contributed by atoms with van der Waals surface area (Å²) in [6.45, 7) is 6.98. The van der Waals surface area contributed by atoms with E-state index in [1.54, 1.807) is 0 Å². The Balaban J connectivity index is 2.27. The smallest absolute Gasteiger partial charge is 0.101 e. The third-order valence-corrected chi connectivity index (χ3v) is 3.60. The summed E-state index contributed by atoms with van der Waals surface area (Å²) in [5, 5.41) is 12.6. The zero-order valence-electron chi connectivity index (χ0n) is 10.6. The molecule has 1 aromatic rings. The van der Waals surface area contributed by atoms with Crippen LogP contribution in [0.15, 0.2) is 18.2 Å². The maximum atomic E-state index is 9.15. The van der Waals surface area contributed by atoms with Crippen molar-refractivity contribution in [1.82, 2.24) is 0 Å². The van der Waals surface area contributed by atoms with Crippen LogP contribution in [-0.4, -0.2) is 18.2 Å². The number of hydrogen-bond acceptors (Lipinski definition) is 3. The number of nitrogens with zero attached hydrogens (tertiary/aromatic N) is 1. The Bertz CT molecular complexity index is 464. The second kappa shape index (κ2) is 4.38. The van der Waals surface area contributed by atoms with Gasteiger partial charge in [0.1, 0.15) is 6.07 Å². The van der Waals surface area contributed by atoms with E-state index >= 15 is 0 Å². The molecule has 3 heteroatoms. The maximum Gasteiger partial charge on any atom is 0.101 e. The van der Waals surface area contributed by atoms with E-state index in [1.807, 2.05) is 25.1 Å². The number of nitrogens with one attached hydrogen (secondary N) is 1. The fourth-order valence-electron chi connectivity index (χ4n) is 2.17. The van der Waals surface area contributed by atoms with Gasteiger partial charge in [0.25, 0.3) is 0 Å². The highest BCUT2D eigenvalue weighted by atomic mass is 16.5. The largest absolute Gasteiger partial charge is 0.376 e. The predicted octanol–water partition coefficient (Wildman–Crippen LogP) is 2.85. The molecule has 1 aliphatic rings. The average molecular weight is 230 g/mol. The molecule has 17 heavy (non-hydrogen) atoms. The topological polar surface area (TPSA) is 45.0 Å². The van der Waals surface area contributed by atoms with Crippen molar-refractivity contribution < 1.29 is 4.74 Å². The highest BCUT2D eigenvalue weighted by molar-refractivity contribution is 5.60. The molecule has 2 atom stereocenters. The van der Waals surface area contributed by atoms with E-state index < -0.39 is 0 Å². The van der Waals surface area contributed by atoms with E-state index in [2.05, 4.69) is 25.2 Å². The lowest BCUT2D eigenvalue weighted by Crippen LogP contribution is -2.41. The molecule has 0 aromatic heterocycles. The molecule has 0 amide bonds. The molecular formula is C14H18N2O. The molecule has 1 N–H and O–H groups in total. The van der Waals surface area contributed by atoms with Crippen molar-refractivity contribution in [3.05, 3.63) is 29.3 Å². The fourth-order valence-corrected chi connectivity index (χ4v) is 2.17. The first-order valence-electron chi connectivity index (χ1n) is 5.96. The van der Waals surface area contributed by atoms with Crippen molar-refractivity contribution in [2.45, 2.75) is 38.8 Å². The van der Waals surface area contributed by atoms with Gasteiger partial charge in [0.2, 0.25) is 0 Å². The van der Waals surface area contributed by atoms with Gasteiger partial charge in [0, 0.05) is 6.61 Å². The Morgan fingerprint density at radius 1 is 1.53 bits per heavy atom. The first-order valence-corrected chi connectivity index (χ1v) is 5.96. The Kier molecular flexibility index (Phi) is 3.08. The van der Waals surface area contributed by atoms with Gasteiger partial charge in [-0.1, -0.05) is 6.07 Å². The molecule has 2 unspecified atom stereocenters. The molecule has 90 valence electrons. The molecule has 0 spiro atoms. The van der Waals surface area contributed by atoms with Crippen LogP contribution in [0.3, 0.4) is 0 Å². The Hall–Kier alpha value is -1.53. The number of anilines is 1. The van der Waals surface area contributed by atoms with Crippen LogP contribution in [0.25, 0.3) is 0 Å². The summed E-state index contributed by atoms with van der Waals surface area (Å²) >= 11 is 0. The first kappa shape index (κ1) is 11.9. The van der Waals surface area contributed by atoms with Crippen molar-refractivity contribution in [2.75, 3.05) is 11.9 Å². The zero-order valence-corrected chi connectivity index (χ0v) is 10.6. The standard InChI is InChI=1S/C14H18N2O/c1-10-4-5-13(12(8-10)9-15)16-14(3)6-7-17-11(14)2/h4-5,8,11,16H,6-7H2,1-3H3. The minimum atomic E-state index is -0.0825. The van der Waals surface area contributed by atoms with E-state index in [1.165, 1.54) is 0 Å². The second-order valence-corrected chi connectivity index (χ2v) is 4.97. The van der Waals surface area contributed by atoms with Gasteiger partial charge in [-0.3, -0.25) is 0 Å². The number of benzene rings is 1. The number of rotatable bonds is 2. The molecule has 0 radical (unpaired) electrons. The average Bonchev–Trinajstić information content (AvgIpc) is 2.62. The highest BCUT2D eigenvalue weighted by Gasteiger charge is 2.37. The van der Waals surface area contributed by atoms with Gasteiger partial charge in [-0.15, -0.1) is 0 Å². The molecule has 1 aliphatic heterocycles. The number of hydrogen-bond donors (Lipinski definition) is 1. The van der Waals surface area contributed by atoms with Gasteiger partial charge < -0.3 is 10.1 Å². The quantitative estimate of drug-likeness (QED) is 0.849. The maximum absolute atomic E-state index is 9.15. The Morgan fingerprint density at radius 3 is 2.88 bits per heavy atom. The minimum absolute atomic E-state index is 0.0825. The van der Waals surface area contributed by atoms with Crippen LogP contribution in [0.1, 0.15) is 31.4 Å². The van der Waals surface area contributed by atoms with Gasteiger partial charge in [-0.2, -0.15) is 5.26 Å². The Morgan fingerprint density at radius 2 is 2.29 bits per heavy atom. The van der Waals surface area contributed by atoms with Crippen molar-refractivity contribution in [3.8, 4) is 6.07 Å². The number of aryl methyl sites for hydroxylation is 1. The van der Waals surface area contributed by atoms with Crippen LogP contribution in [0.4, 0.5) is 5.69 Å². The van der Waals surface area contributed by atoms with Crippen molar-refractivity contribution in [3.63, 3.8) is 0 Å². The molecule has 3 nitrogen and oxygen atoms in total. The molecule has 0 bridgehead atoms. The normalized spacial score (nSPS) is 27.8. The van der Waals surface area contributed by atoms with Crippen molar-refractivity contribution >= 4 is 5.69 Å². The molecule has 0 aliphatic carbocycles. The van der Waals surface area contributed by atoms with Crippen LogP contribution in [0, 0.1) is 18.3 Å². The van der Waals surface area contributed by atoms with Crippen LogP contribution >= 0.6 is 0 Å². The predicted molar refractivity (Wildman–Crippen MR) is 68.0 cm³/mol. The lowest BCUT2D eigenvalue weighted by molar-refractivity contribution is 0.105. The monoisotopic (exact) mass is 230 g/mol. The van der Waals surface area contributed by atoms with Crippen molar-refractivity contribution in [1.29, 1.82) is 5.26 Å². The van der Waals surface area contributed by atoms with E-state index in [0.29, 0.717) is 5.56 Å². The molecule has 1 heterocycles. The molecule has 1 saturated heterocycles. The van der Waals surface area contributed by atoms with E-state index in [0.717, 1.165) is 24.3 Å². The Labute approximate surface area is 102 Å². The summed E-state index contributed by atoms with van der Waals surface area (Å²) in [6, 6.07) is 8.15. The van der Waals surface area contributed by atoms with Crippen molar-refractivity contribution in [2.24, 2.45) is 0 Å². The second-order valence-electron chi connectivity index (χ2n) is 4.97. The third-order valence-electron chi connectivity index (χ3n) is 3.60. The summed E-state index contributed by atoms with van der Waals surface area (Å²) in [6.07, 6.45) is 1.13. The fraction of sp³-hybridized carbons (Fsp3) is 0.500. The third kappa shape index (κ3) is 2.27. The van der Waals surface area contributed by atoms with E-state index in [-0.39, 0.29) is 11.6 Å². The zero-order chi connectivity index (χ0) is 12.5. The van der Waals surface area contributed by atoms with Crippen LogP contribution < -0.4 is 5.32 Å². The van der Waals surface area contributed by atoms with Gasteiger partial charge in [-0.05, 0) is 44.9 Å². The first-order chi connectivity index (χ1) is 8.05. The molecule has 0 saturated carbocycles. The summed E-state index contributed by atoms with van der Waals surface area (Å²) in [5.41, 5.74) is 2.62. The highest BCUT2D eigenvalue weighted by Crippen LogP contribution is 2.30. The van der Waals surface area contributed by atoms with Gasteiger partial charge in [0.05, 0.1) is 22.9 Å². The lowest BCUT2D eigenvalue weighted by Gasteiger charge is -2.30. The number of ether oxygens (including phenoxy) is 1. The van der Waals surface area contributed by atoms with E-state index in [9.17, 15) is 0 Å². The van der Waals surface area contributed by atoms with Gasteiger partial charge in [-0.25, -0.2) is 0 Å². The van der Waals surface area contributed by atoms with Gasteiger partial charge >= 0.3 is 0 Å². The SMILES string of the molecule is Cc1ccc(NC2(C)CCOC2C)c(C#N)c1. The molecular weight excluding hydrogens is 212 g/mol. The number of nitriles is 1. The minimum Gasteiger partial charge on any atom is -0.376 e. The van der Waals surface area contributed by atoms with Crippen LogP contribution in [0.2, 0.25) is 0 Å². The lowest BCUT2D eigenvalue weighted by atomic mass is 9.93. The molecule has 1 aromatic carbocycles. The molecule has 1 fully saturated rings. The summed E-state index contributed by atoms with van der Waals surface area (Å²) < 4.78 is 5.59. The van der Waals surface area contributed by atoms with Gasteiger partial charge in [0.15, 0.2) is 0 Å². The van der Waals surface area contributed by atoms with Crippen LogP contribution in [-0.2, 0) is 4.74 Å². The summed E-state index contributed by atoms with van der Waals surface area (Å²) in [5.74, 6) is 0.